The highest BCUT2D eigenvalue weighted by Crippen LogP contribution is 2.47. The van der Waals surface area contributed by atoms with Crippen molar-refractivity contribution in [3.05, 3.63) is 23.8 Å². The number of anilines is 1. The molecule has 19 heavy (non-hydrogen) atoms. The lowest BCUT2D eigenvalue weighted by Gasteiger charge is -2.07. The first kappa shape index (κ1) is 12.1. The third-order valence-corrected chi connectivity index (χ3v) is 3.85. The van der Waals surface area contributed by atoms with Crippen molar-refractivity contribution >= 4 is 5.69 Å². The van der Waals surface area contributed by atoms with Gasteiger partial charge in [0.2, 0.25) is 0 Å². The molecule has 0 aliphatic heterocycles. The van der Waals surface area contributed by atoms with E-state index in [9.17, 15) is 0 Å². The number of aryl methyl sites for hydroxylation is 1. The minimum absolute atomic E-state index is 0.464. The molecule has 100 valence electrons. The summed E-state index contributed by atoms with van der Waals surface area (Å²) in [7, 11) is 0. The predicted octanol–water partition coefficient (Wildman–Crippen LogP) is 2.59. The van der Waals surface area contributed by atoms with E-state index in [2.05, 4.69) is 29.4 Å². The molecular weight excluding hydrogens is 238 g/mol. The number of tetrazole rings is 1. The van der Waals surface area contributed by atoms with Crippen molar-refractivity contribution in [3.63, 3.8) is 0 Å². The molecule has 2 aromatic rings. The molecule has 1 aliphatic carbocycles. The van der Waals surface area contributed by atoms with E-state index in [1.54, 1.807) is 0 Å². The molecule has 1 fully saturated rings. The molecule has 5 nitrogen and oxygen atoms in total. The zero-order valence-corrected chi connectivity index (χ0v) is 11.4. The standard InChI is InChI=1S/C14H19N5/c1-3-4-10-7-13(10)19-14(16-17-18-19)12-8-11(15)6-5-9(12)2/h5-6,8,10,13H,3-4,7,15H2,1-2H3. The Hall–Kier alpha value is -1.91. The van der Waals surface area contributed by atoms with Crippen molar-refractivity contribution in [1.82, 2.24) is 20.2 Å². The Labute approximate surface area is 112 Å². The molecular formula is C14H19N5. The molecule has 0 saturated heterocycles. The van der Waals surface area contributed by atoms with Crippen LogP contribution in [0.25, 0.3) is 11.4 Å². The molecule has 1 aromatic heterocycles. The normalized spacial score (nSPS) is 21.6. The lowest BCUT2D eigenvalue weighted by Crippen LogP contribution is -2.03. The maximum Gasteiger partial charge on any atom is 0.182 e. The molecule has 1 aliphatic rings. The van der Waals surface area contributed by atoms with Crippen LogP contribution in [0, 0.1) is 12.8 Å². The first-order valence-electron chi connectivity index (χ1n) is 6.85. The number of rotatable bonds is 4. The SMILES string of the molecule is CCCC1CC1n1nnnc1-c1cc(N)ccc1C. The van der Waals surface area contributed by atoms with Crippen LogP contribution in [-0.4, -0.2) is 20.2 Å². The van der Waals surface area contributed by atoms with E-state index in [0.717, 1.165) is 28.6 Å². The molecule has 1 saturated carbocycles. The van der Waals surface area contributed by atoms with E-state index in [0.29, 0.717) is 6.04 Å². The highest BCUT2D eigenvalue weighted by molar-refractivity contribution is 5.65. The lowest BCUT2D eigenvalue weighted by atomic mass is 10.1. The maximum absolute atomic E-state index is 5.87. The fourth-order valence-corrected chi connectivity index (χ4v) is 2.69. The Bertz CT molecular complexity index is 589. The average Bonchev–Trinajstić information content (AvgIpc) is 2.99. The highest BCUT2D eigenvalue weighted by atomic mass is 15.6. The molecule has 1 aromatic carbocycles. The number of nitrogens with zero attached hydrogens (tertiary/aromatic N) is 4. The van der Waals surface area contributed by atoms with Gasteiger partial charge in [-0.3, -0.25) is 0 Å². The summed E-state index contributed by atoms with van der Waals surface area (Å²) in [4.78, 5) is 0. The second-order valence-electron chi connectivity index (χ2n) is 5.37. The number of benzene rings is 1. The fraction of sp³-hybridized carbons (Fsp3) is 0.500. The van der Waals surface area contributed by atoms with Gasteiger partial charge in [0, 0.05) is 11.3 Å². The van der Waals surface area contributed by atoms with Gasteiger partial charge in [-0.05, 0) is 53.8 Å². The fourth-order valence-electron chi connectivity index (χ4n) is 2.69. The van der Waals surface area contributed by atoms with Gasteiger partial charge in [-0.25, -0.2) is 4.68 Å². The molecule has 2 N–H and O–H groups in total. The Morgan fingerprint density at radius 1 is 1.42 bits per heavy atom. The zero-order chi connectivity index (χ0) is 13.4. The molecule has 0 bridgehead atoms. The van der Waals surface area contributed by atoms with Crippen molar-refractivity contribution in [3.8, 4) is 11.4 Å². The Balaban J connectivity index is 1.94. The molecule has 0 amide bonds. The largest absolute Gasteiger partial charge is 0.399 e. The summed E-state index contributed by atoms with van der Waals surface area (Å²) in [6.07, 6.45) is 3.66. The molecule has 2 unspecified atom stereocenters. The van der Waals surface area contributed by atoms with Gasteiger partial charge >= 0.3 is 0 Å². The third kappa shape index (κ3) is 2.20. The number of hydrogen-bond donors (Lipinski definition) is 1. The van der Waals surface area contributed by atoms with E-state index in [1.165, 1.54) is 19.3 Å². The van der Waals surface area contributed by atoms with Crippen LogP contribution in [-0.2, 0) is 0 Å². The molecule has 0 radical (unpaired) electrons. The summed E-state index contributed by atoms with van der Waals surface area (Å²) in [5.41, 5.74) is 8.80. The van der Waals surface area contributed by atoms with Gasteiger partial charge in [-0.1, -0.05) is 19.4 Å². The van der Waals surface area contributed by atoms with E-state index >= 15 is 0 Å². The third-order valence-electron chi connectivity index (χ3n) is 3.85. The topological polar surface area (TPSA) is 69.6 Å². The van der Waals surface area contributed by atoms with E-state index in [1.807, 2.05) is 22.9 Å². The van der Waals surface area contributed by atoms with Gasteiger partial charge in [-0.2, -0.15) is 0 Å². The van der Waals surface area contributed by atoms with Crippen molar-refractivity contribution in [2.45, 2.75) is 39.2 Å². The van der Waals surface area contributed by atoms with Crippen molar-refractivity contribution in [2.75, 3.05) is 5.73 Å². The summed E-state index contributed by atoms with van der Waals surface area (Å²) in [5, 5.41) is 12.2. The molecule has 5 heteroatoms. The monoisotopic (exact) mass is 257 g/mol. The van der Waals surface area contributed by atoms with Crippen LogP contribution in [0.3, 0.4) is 0 Å². The average molecular weight is 257 g/mol. The van der Waals surface area contributed by atoms with Crippen molar-refractivity contribution in [1.29, 1.82) is 0 Å². The Morgan fingerprint density at radius 2 is 2.26 bits per heavy atom. The summed E-state index contributed by atoms with van der Waals surface area (Å²) < 4.78 is 1.97. The minimum Gasteiger partial charge on any atom is -0.399 e. The summed E-state index contributed by atoms with van der Waals surface area (Å²) in [5.74, 6) is 1.57. The molecule has 0 spiro atoms. The molecule has 3 rings (SSSR count). The van der Waals surface area contributed by atoms with Crippen LogP contribution in [0.1, 0.15) is 37.8 Å². The van der Waals surface area contributed by atoms with Gasteiger partial charge in [0.05, 0.1) is 6.04 Å². The summed E-state index contributed by atoms with van der Waals surface area (Å²) >= 11 is 0. The van der Waals surface area contributed by atoms with Gasteiger partial charge in [0.1, 0.15) is 0 Å². The predicted molar refractivity (Wildman–Crippen MR) is 74.5 cm³/mol. The van der Waals surface area contributed by atoms with Crippen LogP contribution in [0.4, 0.5) is 5.69 Å². The summed E-state index contributed by atoms with van der Waals surface area (Å²) in [6, 6.07) is 6.34. The van der Waals surface area contributed by atoms with Crippen LogP contribution in [0.2, 0.25) is 0 Å². The smallest absolute Gasteiger partial charge is 0.182 e. The van der Waals surface area contributed by atoms with Gasteiger partial charge < -0.3 is 5.73 Å². The maximum atomic E-state index is 5.87. The van der Waals surface area contributed by atoms with Gasteiger partial charge in [0.25, 0.3) is 0 Å². The minimum atomic E-state index is 0.464. The number of nitrogens with two attached hydrogens (primary N) is 1. The van der Waals surface area contributed by atoms with E-state index in [4.69, 9.17) is 5.73 Å². The van der Waals surface area contributed by atoms with Crippen LogP contribution in [0.5, 0.6) is 0 Å². The van der Waals surface area contributed by atoms with E-state index < -0.39 is 0 Å². The van der Waals surface area contributed by atoms with Gasteiger partial charge in [0.15, 0.2) is 5.82 Å². The molecule has 2 atom stereocenters. The van der Waals surface area contributed by atoms with Crippen LogP contribution >= 0.6 is 0 Å². The second kappa shape index (κ2) is 4.64. The quantitative estimate of drug-likeness (QED) is 0.855. The lowest BCUT2D eigenvalue weighted by molar-refractivity contribution is 0.548. The van der Waals surface area contributed by atoms with Gasteiger partial charge in [-0.15, -0.1) is 5.10 Å². The zero-order valence-electron chi connectivity index (χ0n) is 11.4. The van der Waals surface area contributed by atoms with Crippen LogP contribution < -0.4 is 5.73 Å². The Morgan fingerprint density at radius 3 is 3.05 bits per heavy atom. The number of aromatic nitrogens is 4. The Kier molecular flexibility index (Phi) is 2.97. The summed E-state index contributed by atoms with van der Waals surface area (Å²) in [6.45, 7) is 4.28. The number of nitrogen functional groups attached to an aromatic ring is 1. The first-order chi connectivity index (χ1) is 9.20. The van der Waals surface area contributed by atoms with Crippen molar-refractivity contribution in [2.24, 2.45) is 5.92 Å². The van der Waals surface area contributed by atoms with Crippen molar-refractivity contribution < 1.29 is 0 Å². The highest BCUT2D eigenvalue weighted by Gasteiger charge is 2.40. The molecule has 1 heterocycles. The van der Waals surface area contributed by atoms with E-state index in [-0.39, 0.29) is 0 Å². The first-order valence-corrected chi connectivity index (χ1v) is 6.85. The second-order valence-corrected chi connectivity index (χ2v) is 5.37. The number of hydrogen-bond acceptors (Lipinski definition) is 4. The van der Waals surface area contributed by atoms with Crippen LogP contribution in [0.15, 0.2) is 18.2 Å².